The predicted molar refractivity (Wildman–Crippen MR) is 86.7 cm³/mol. The predicted octanol–water partition coefficient (Wildman–Crippen LogP) is 2.46. The molecule has 0 spiro atoms. The van der Waals surface area contributed by atoms with Gasteiger partial charge in [-0.25, -0.2) is 9.69 Å². The van der Waals surface area contributed by atoms with Crippen molar-refractivity contribution in [2.45, 2.75) is 12.3 Å². The highest BCUT2D eigenvalue weighted by Crippen LogP contribution is 2.38. The van der Waals surface area contributed by atoms with Gasteiger partial charge in [0.25, 0.3) is 11.6 Å². The number of carbonyl (C=O) groups is 2. The van der Waals surface area contributed by atoms with E-state index >= 15 is 0 Å². The molecule has 2 aromatic rings. The summed E-state index contributed by atoms with van der Waals surface area (Å²) in [6.07, 6.45) is -0.620. The van der Waals surface area contributed by atoms with Crippen LogP contribution in [0.5, 0.6) is 0 Å². The maximum Gasteiger partial charge on any atom is 0.334 e. The van der Waals surface area contributed by atoms with Crippen molar-refractivity contribution in [3.63, 3.8) is 0 Å². The van der Waals surface area contributed by atoms with Crippen LogP contribution in [0.1, 0.15) is 11.8 Å². The molecule has 0 saturated carbocycles. The van der Waals surface area contributed by atoms with Gasteiger partial charge in [0.1, 0.15) is 6.04 Å². The highest BCUT2D eigenvalue weighted by atomic mass is 16.6. The molecule has 8 nitrogen and oxygen atoms in total. The molecular formula is C17H13N3O5. The van der Waals surface area contributed by atoms with E-state index in [1.807, 2.05) is 30.3 Å². The van der Waals surface area contributed by atoms with Crippen molar-refractivity contribution in [2.75, 3.05) is 11.5 Å². The molecule has 3 amide bonds. The average molecular weight is 339 g/mol. The number of urea groups is 1. The molecule has 126 valence electrons. The maximum absolute atomic E-state index is 12.8. The van der Waals surface area contributed by atoms with Gasteiger partial charge in [-0.3, -0.25) is 19.8 Å². The van der Waals surface area contributed by atoms with Gasteiger partial charge in [-0.15, -0.1) is 0 Å². The molecule has 0 aromatic heterocycles. The van der Waals surface area contributed by atoms with E-state index in [4.69, 9.17) is 4.74 Å². The van der Waals surface area contributed by atoms with Crippen molar-refractivity contribution >= 4 is 23.3 Å². The van der Waals surface area contributed by atoms with Crippen LogP contribution in [-0.2, 0) is 9.53 Å². The summed E-state index contributed by atoms with van der Waals surface area (Å²) in [5.41, 5.74) is 0.993. The van der Waals surface area contributed by atoms with Crippen molar-refractivity contribution < 1.29 is 19.2 Å². The average Bonchev–Trinajstić information content (AvgIpc) is 3.17. The molecule has 0 N–H and O–H groups in total. The van der Waals surface area contributed by atoms with Gasteiger partial charge in [-0.05, 0) is 12.1 Å². The Morgan fingerprint density at radius 1 is 1.04 bits per heavy atom. The Morgan fingerprint density at radius 3 is 2.36 bits per heavy atom. The molecule has 2 heterocycles. The van der Waals surface area contributed by atoms with Crippen molar-refractivity contribution in [1.29, 1.82) is 0 Å². The Hall–Kier alpha value is -3.26. The number of anilines is 1. The molecule has 0 radical (unpaired) electrons. The van der Waals surface area contributed by atoms with E-state index in [9.17, 15) is 19.7 Å². The minimum absolute atomic E-state index is 0.103. The summed E-state index contributed by atoms with van der Waals surface area (Å²) in [6.45, 7) is 0.119. The summed E-state index contributed by atoms with van der Waals surface area (Å²) < 4.78 is 5.65. The number of fused-ring (bicyclic) bond motifs is 1. The van der Waals surface area contributed by atoms with E-state index in [0.29, 0.717) is 5.69 Å². The number of non-ortho nitro benzene ring substituents is 1. The van der Waals surface area contributed by atoms with E-state index in [-0.39, 0.29) is 12.3 Å². The second-order valence-electron chi connectivity index (χ2n) is 5.75. The molecule has 0 aliphatic carbocycles. The number of carbonyl (C=O) groups excluding carboxylic acids is 2. The Kier molecular flexibility index (Phi) is 3.47. The molecule has 2 saturated heterocycles. The Balaban J connectivity index is 1.66. The van der Waals surface area contributed by atoms with Crippen LogP contribution in [0.3, 0.4) is 0 Å². The number of ether oxygens (including phenoxy) is 1. The minimum Gasteiger partial charge on any atom is -0.351 e. The van der Waals surface area contributed by atoms with Crippen molar-refractivity contribution in [2.24, 2.45) is 0 Å². The van der Waals surface area contributed by atoms with Crippen molar-refractivity contribution in [3.8, 4) is 0 Å². The highest BCUT2D eigenvalue weighted by Gasteiger charge is 2.53. The van der Waals surface area contributed by atoms with Gasteiger partial charge in [-0.2, -0.15) is 0 Å². The molecule has 2 aliphatic heterocycles. The zero-order valence-electron chi connectivity index (χ0n) is 12.9. The second kappa shape index (κ2) is 5.67. The third-order valence-electron chi connectivity index (χ3n) is 4.32. The summed E-state index contributed by atoms with van der Waals surface area (Å²) >= 11 is 0. The monoisotopic (exact) mass is 339 g/mol. The number of hydrogen-bond acceptors (Lipinski definition) is 5. The van der Waals surface area contributed by atoms with Gasteiger partial charge in [-0.1, -0.05) is 30.3 Å². The standard InChI is InChI=1S/C17H13N3O5/c21-15-14-10-25-16(11-4-2-1-3-5-11)19(14)17(22)18(15)12-6-8-13(9-7-12)20(23)24/h1-9,14,16H,10H2/t14-,16?/m1/s1. The van der Waals surface area contributed by atoms with E-state index in [1.165, 1.54) is 29.2 Å². The first-order valence-corrected chi connectivity index (χ1v) is 7.65. The normalized spacial score (nSPS) is 22.4. The first-order valence-electron chi connectivity index (χ1n) is 7.65. The molecule has 2 aromatic carbocycles. The van der Waals surface area contributed by atoms with Crippen LogP contribution >= 0.6 is 0 Å². The van der Waals surface area contributed by atoms with E-state index in [0.717, 1.165) is 10.5 Å². The SMILES string of the molecule is O=C1[C@H]2COC(c3ccccc3)N2C(=O)N1c1ccc([N+](=O)[O-])cc1. The van der Waals surface area contributed by atoms with Gasteiger partial charge in [0.15, 0.2) is 6.23 Å². The third-order valence-corrected chi connectivity index (χ3v) is 4.32. The van der Waals surface area contributed by atoms with Crippen LogP contribution in [0.15, 0.2) is 54.6 Å². The Labute approximate surface area is 142 Å². The lowest BCUT2D eigenvalue weighted by Crippen LogP contribution is -2.34. The Bertz CT molecular complexity index is 852. The molecule has 2 aliphatic rings. The number of hydrogen-bond donors (Lipinski definition) is 0. The van der Waals surface area contributed by atoms with Gasteiger partial charge >= 0.3 is 6.03 Å². The van der Waals surface area contributed by atoms with E-state index < -0.39 is 29.1 Å². The van der Waals surface area contributed by atoms with E-state index in [2.05, 4.69) is 0 Å². The summed E-state index contributed by atoms with van der Waals surface area (Å²) in [7, 11) is 0. The fourth-order valence-corrected chi connectivity index (χ4v) is 3.12. The van der Waals surface area contributed by atoms with Crippen LogP contribution in [0.2, 0.25) is 0 Å². The molecule has 4 rings (SSSR count). The smallest absolute Gasteiger partial charge is 0.334 e. The molecule has 2 atom stereocenters. The highest BCUT2D eigenvalue weighted by molar-refractivity contribution is 6.21. The molecule has 8 heteroatoms. The number of nitrogens with zero attached hydrogens (tertiary/aromatic N) is 3. The van der Waals surface area contributed by atoms with Gasteiger partial charge in [0, 0.05) is 17.7 Å². The van der Waals surface area contributed by atoms with Gasteiger partial charge in [0.05, 0.1) is 17.2 Å². The maximum atomic E-state index is 12.8. The summed E-state index contributed by atoms with van der Waals surface area (Å²) in [5, 5.41) is 10.8. The zero-order valence-corrected chi connectivity index (χ0v) is 12.9. The third kappa shape index (κ3) is 2.34. The van der Waals surface area contributed by atoms with Crippen LogP contribution in [0.4, 0.5) is 16.2 Å². The molecule has 1 unspecified atom stereocenters. The first-order chi connectivity index (χ1) is 12.1. The van der Waals surface area contributed by atoms with Crippen LogP contribution in [-0.4, -0.2) is 34.4 Å². The molecule has 2 fully saturated rings. The number of benzene rings is 2. The van der Waals surface area contributed by atoms with Crippen LogP contribution in [0, 0.1) is 10.1 Å². The lowest BCUT2D eigenvalue weighted by Gasteiger charge is -2.22. The van der Waals surface area contributed by atoms with Crippen molar-refractivity contribution in [3.05, 3.63) is 70.3 Å². The lowest BCUT2D eigenvalue weighted by atomic mass is 10.2. The lowest BCUT2D eigenvalue weighted by molar-refractivity contribution is -0.384. The minimum atomic E-state index is -0.687. The number of rotatable bonds is 3. The second-order valence-corrected chi connectivity index (χ2v) is 5.75. The Morgan fingerprint density at radius 2 is 1.72 bits per heavy atom. The molecule has 25 heavy (non-hydrogen) atoms. The molecule has 0 bridgehead atoms. The van der Waals surface area contributed by atoms with Crippen LogP contribution in [0.25, 0.3) is 0 Å². The quantitative estimate of drug-likeness (QED) is 0.486. The fraction of sp³-hybridized carbons (Fsp3) is 0.176. The topological polar surface area (TPSA) is 93.0 Å². The van der Waals surface area contributed by atoms with E-state index in [1.54, 1.807) is 0 Å². The largest absolute Gasteiger partial charge is 0.351 e. The molecular weight excluding hydrogens is 326 g/mol. The zero-order chi connectivity index (χ0) is 17.6. The number of amides is 3. The summed E-state index contributed by atoms with van der Waals surface area (Å²) in [4.78, 5) is 38.1. The summed E-state index contributed by atoms with van der Waals surface area (Å²) in [5.74, 6) is -0.391. The number of nitro benzene ring substituents is 1. The van der Waals surface area contributed by atoms with Crippen molar-refractivity contribution in [1.82, 2.24) is 4.90 Å². The fourth-order valence-electron chi connectivity index (χ4n) is 3.12. The first kappa shape index (κ1) is 15.3. The van der Waals surface area contributed by atoms with Gasteiger partial charge < -0.3 is 4.74 Å². The van der Waals surface area contributed by atoms with Gasteiger partial charge in [0.2, 0.25) is 0 Å². The number of nitro groups is 1. The van der Waals surface area contributed by atoms with Crippen LogP contribution < -0.4 is 4.90 Å². The number of imide groups is 1. The summed E-state index contributed by atoms with van der Waals surface area (Å²) in [6, 6.07) is 13.3.